The van der Waals surface area contributed by atoms with Crippen LogP contribution in [-0.4, -0.2) is 81.9 Å². The molecule has 2 amide bonds. The van der Waals surface area contributed by atoms with Crippen molar-refractivity contribution in [3.63, 3.8) is 0 Å². The molecule has 2 aliphatic heterocycles. The lowest BCUT2D eigenvalue weighted by Crippen LogP contribution is -2.66. The highest BCUT2D eigenvalue weighted by Crippen LogP contribution is 2.16. The second kappa shape index (κ2) is 5.36. The topological polar surface area (TPSA) is 81.7 Å². The molecule has 0 aliphatic carbocycles. The summed E-state index contributed by atoms with van der Waals surface area (Å²) in [5.41, 5.74) is -0.128. The van der Waals surface area contributed by atoms with Crippen molar-refractivity contribution in [1.82, 2.24) is 24.3 Å². The van der Waals surface area contributed by atoms with E-state index < -0.39 is 0 Å². The maximum atomic E-state index is 12.2. The molecule has 1 aromatic heterocycles. The third-order valence-corrected chi connectivity index (χ3v) is 4.20. The molecule has 2 fully saturated rings. The van der Waals surface area contributed by atoms with Crippen LogP contribution in [0.5, 0.6) is 0 Å². The van der Waals surface area contributed by atoms with E-state index in [0.29, 0.717) is 26.2 Å². The number of H-pyrrole nitrogens is 1. The van der Waals surface area contributed by atoms with Crippen molar-refractivity contribution in [3.05, 3.63) is 22.9 Å². The quantitative estimate of drug-likeness (QED) is 0.710. The van der Waals surface area contributed by atoms with Gasteiger partial charge in [-0.15, -0.1) is 0 Å². The fraction of sp³-hybridized carbons (Fsp3) is 0.615. The normalized spacial score (nSPS) is 23.6. The standard InChI is InChI=1S/C13H19N5O3/c1-15-9-11(19)18-7-5-16(8-10(18)12(15)20)4-6-17-3-2-14-13(17)21/h2-3,10H,4-9H2,1H3,(H,14,21). The number of carbonyl (C=O) groups excluding carboxylic acids is 2. The first kappa shape index (κ1) is 13.9. The highest BCUT2D eigenvalue weighted by Gasteiger charge is 2.40. The Labute approximate surface area is 121 Å². The van der Waals surface area contributed by atoms with Gasteiger partial charge in [0.1, 0.15) is 6.04 Å². The summed E-state index contributed by atoms with van der Waals surface area (Å²) in [7, 11) is 1.66. The lowest BCUT2D eigenvalue weighted by Gasteiger charge is -2.45. The van der Waals surface area contributed by atoms with Crippen LogP contribution in [-0.2, 0) is 16.1 Å². The van der Waals surface area contributed by atoms with Crippen LogP contribution in [0.2, 0.25) is 0 Å². The van der Waals surface area contributed by atoms with Gasteiger partial charge in [0.15, 0.2) is 0 Å². The first-order valence-corrected chi connectivity index (χ1v) is 7.07. The Hall–Kier alpha value is -2.09. The predicted molar refractivity (Wildman–Crippen MR) is 74.6 cm³/mol. The van der Waals surface area contributed by atoms with Gasteiger partial charge in [0.05, 0.1) is 6.54 Å². The fourth-order valence-electron chi connectivity index (χ4n) is 2.95. The number of imidazole rings is 1. The molecule has 8 nitrogen and oxygen atoms in total. The number of amides is 2. The number of aromatic amines is 1. The van der Waals surface area contributed by atoms with Crippen molar-refractivity contribution in [2.45, 2.75) is 12.6 Å². The summed E-state index contributed by atoms with van der Waals surface area (Å²) in [6, 6.07) is -0.382. The molecule has 8 heteroatoms. The van der Waals surface area contributed by atoms with Gasteiger partial charge in [-0.1, -0.05) is 0 Å². The van der Waals surface area contributed by atoms with Gasteiger partial charge in [0, 0.05) is 52.2 Å². The summed E-state index contributed by atoms with van der Waals surface area (Å²) in [6.07, 6.45) is 3.32. The number of rotatable bonds is 3. The van der Waals surface area contributed by atoms with Crippen LogP contribution >= 0.6 is 0 Å². The second-order valence-electron chi connectivity index (χ2n) is 5.56. The third-order valence-electron chi connectivity index (χ3n) is 4.20. The summed E-state index contributed by atoms with van der Waals surface area (Å²) >= 11 is 0. The number of carbonyl (C=O) groups is 2. The van der Waals surface area contributed by atoms with Crippen LogP contribution in [0.15, 0.2) is 17.2 Å². The first-order chi connectivity index (χ1) is 10.1. The molecule has 2 saturated heterocycles. The molecule has 3 rings (SSSR count). The molecule has 0 saturated carbocycles. The van der Waals surface area contributed by atoms with Crippen molar-refractivity contribution in [2.24, 2.45) is 0 Å². The number of piperazine rings is 2. The number of hydrogen-bond acceptors (Lipinski definition) is 4. The van der Waals surface area contributed by atoms with E-state index in [1.165, 1.54) is 4.90 Å². The van der Waals surface area contributed by atoms with Gasteiger partial charge in [0.25, 0.3) is 0 Å². The van der Waals surface area contributed by atoms with Crippen molar-refractivity contribution >= 4 is 11.8 Å². The molecule has 1 aromatic rings. The summed E-state index contributed by atoms with van der Waals surface area (Å²) in [5, 5.41) is 0. The SMILES string of the molecule is CN1CC(=O)N2CCN(CCn3cc[nH]c3=O)CC2C1=O. The second-order valence-corrected chi connectivity index (χ2v) is 5.56. The minimum atomic E-state index is -0.382. The molecule has 1 unspecified atom stereocenters. The Bertz CT molecular complexity index is 607. The number of hydrogen-bond donors (Lipinski definition) is 1. The molecule has 1 atom stereocenters. The van der Waals surface area contributed by atoms with Crippen molar-refractivity contribution in [1.29, 1.82) is 0 Å². The van der Waals surface area contributed by atoms with Crippen LogP contribution in [0.4, 0.5) is 0 Å². The number of fused-ring (bicyclic) bond motifs is 1. The Balaban J connectivity index is 1.63. The van der Waals surface area contributed by atoms with E-state index in [4.69, 9.17) is 0 Å². The van der Waals surface area contributed by atoms with Gasteiger partial charge in [0.2, 0.25) is 11.8 Å². The highest BCUT2D eigenvalue weighted by molar-refractivity contribution is 5.95. The van der Waals surface area contributed by atoms with Crippen LogP contribution < -0.4 is 5.69 Å². The number of nitrogens with zero attached hydrogens (tertiary/aromatic N) is 4. The lowest BCUT2D eigenvalue weighted by atomic mass is 10.1. The zero-order valence-corrected chi connectivity index (χ0v) is 12.0. The molecule has 1 N–H and O–H groups in total. The minimum Gasteiger partial charge on any atom is -0.335 e. The number of aromatic nitrogens is 2. The molecule has 21 heavy (non-hydrogen) atoms. The Morgan fingerprint density at radius 2 is 2.05 bits per heavy atom. The van der Waals surface area contributed by atoms with Crippen molar-refractivity contribution < 1.29 is 9.59 Å². The lowest BCUT2D eigenvalue weighted by molar-refractivity contribution is -0.158. The third kappa shape index (κ3) is 2.58. The molecule has 0 radical (unpaired) electrons. The van der Waals surface area contributed by atoms with Gasteiger partial charge < -0.3 is 14.8 Å². The summed E-state index contributed by atoms with van der Waals surface area (Å²) < 4.78 is 1.60. The van der Waals surface area contributed by atoms with E-state index in [1.807, 2.05) is 0 Å². The molecular weight excluding hydrogens is 274 g/mol. The summed E-state index contributed by atoms with van der Waals surface area (Å²) in [4.78, 5) is 43.5. The number of likely N-dealkylation sites (N-methyl/N-ethyl adjacent to an activating group) is 1. The van der Waals surface area contributed by atoms with Gasteiger partial charge in [-0.3, -0.25) is 19.1 Å². The maximum absolute atomic E-state index is 12.2. The molecule has 2 aliphatic rings. The molecule has 114 valence electrons. The van der Waals surface area contributed by atoms with Gasteiger partial charge in [-0.05, 0) is 0 Å². The zero-order valence-electron chi connectivity index (χ0n) is 12.0. The van der Waals surface area contributed by atoms with Crippen LogP contribution in [0.1, 0.15) is 0 Å². The van der Waals surface area contributed by atoms with E-state index in [-0.39, 0.29) is 30.1 Å². The highest BCUT2D eigenvalue weighted by atomic mass is 16.2. The van der Waals surface area contributed by atoms with E-state index in [9.17, 15) is 14.4 Å². The van der Waals surface area contributed by atoms with E-state index in [1.54, 1.807) is 28.9 Å². The molecule has 0 spiro atoms. The average molecular weight is 293 g/mol. The largest absolute Gasteiger partial charge is 0.335 e. The van der Waals surface area contributed by atoms with Gasteiger partial charge in [-0.25, -0.2) is 4.79 Å². The average Bonchev–Trinajstić information content (AvgIpc) is 2.88. The zero-order chi connectivity index (χ0) is 15.0. The Morgan fingerprint density at radius 1 is 1.24 bits per heavy atom. The summed E-state index contributed by atoms with van der Waals surface area (Å²) in [5.74, 6) is 0.0155. The first-order valence-electron chi connectivity index (χ1n) is 7.07. The van der Waals surface area contributed by atoms with Gasteiger partial charge >= 0.3 is 5.69 Å². The van der Waals surface area contributed by atoms with Crippen LogP contribution in [0.3, 0.4) is 0 Å². The van der Waals surface area contributed by atoms with Crippen LogP contribution in [0, 0.1) is 0 Å². The van der Waals surface area contributed by atoms with Crippen molar-refractivity contribution in [3.8, 4) is 0 Å². The fourth-order valence-corrected chi connectivity index (χ4v) is 2.95. The van der Waals surface area contributed by atoms with E-state index >= 15 is 0 Å². The minimum absolute atomic E-state index is 0.00175. The van der Waals surface area contributed by atoms with E-state index in [0.717, 1.165) is 6.54 Å². The Morgan fingerprint density at radius 3 is 2.76 bits per heavy atom. The smallest absolute Gasteiger partial charge is 0.325 e. The molecule has 0 aromatic carbocycles. The molecular formula is C13H19N5O3. The van der Waals surface area contributed by atoms with Crippen LogP contribution in [0.25, 0.3) is 0 Å². The Kier molecular flexibility index (Phi) is 3.54. The molecule has 3 heterocycles. The van der Waals surface area contributed by atoms with Gasteiger partial charge in [-0.2, -0.15) is 0 Å². The van der Waals surface area contributed by atoms with E-state index in [2.05, 4.69) is 9.88 Å². The number of nitrogens with one attached hydrogen (secondary N) is 1. The predicted octanol–water partition coefficient (Wildman–Crippen LogP) is -1.84. The monoisotopic (exact) mass is 293 g/mol. The summed E-state index contributed by atoms with van der Waals surface area (Å²) in [6.45, 7) is 3.28. The maximum Gasteiger partial charge on any atom is 0.325 e. The molecule has 0 bridgehead atoms. The van der Waals surface area contributed by atoms with Crippen molar-refractivity contribution in [2.75, 3.05) is 39.8 Å².